The number of carbonyl (C=O) groups excluding carboxylic acids is 3. The van der Waals surface area contributed by atoms with E-state index in [1.807, 2.05) is 55.5 Å². The van der Waals surface area contributed by atoms with Crippen molar-refractivity contribution in [2.45, 2.75) is 32.6 Å². The van der Waals surface area contributed by atoms with Gasteiger partial charge in [-0.3, -0.25) is 4.79 Å². The lowest BCUT2D eigenvalue weighted by atomic mass is 10.0. The fourth-order valence-electron chi connectivity index (χ4n) is 4.77. The summed E-state index contributed by atoms with van der Waals surface area (Å²) in [4.78, 5) is 39.9. The lowest BCUT2D eigenvalue weighted by Gasteiger charge is -2.13. The number of pyridine rings is 1. The Hall–Kier alpha value is -5.50. The van der Waals surface area contributed by atoms with Gasteiger partial charge >= 0.3 is 11.9 Å². The second-order valence-corrected chi connectivity index (χ2v) is 10.5. The highest BCUT2D eigenvalue weighted by molar-refractivity contribution is 6.10. The van der Waals surface area contributed by atoms with E-state index in [-0.39, 0.29) is 0 Å². The minimum absolute atomic E-state index is 0.335. The van der Waals surface area contributed by atoms with E-state index >= 15 is 0 Å². The topological polar surface area (TPSA) is 101 Å². The van der Waals surface area contributed by atoms with Crippen LogP contribution >= 0.6 is 0 Å². The number of esters is 2. The number of aromatic nitrogens is 1. The smallest absolute Gasteiger partial charge is 0.343 e. The Labute approximate surface area is 261 Å². The van der Waals surface area contributed by atoms with Crippen LogP contribution in [0, 0.1) is 6.92 Å². The van der Waals surface area contributed by atoms with Crippen molar-refractivity contribution >= 4 is 39.9 Å². The first kappa shape index (κ1) is 30.9. The van der Waals surface area contributed by atoms with Crippen molar-refractivity contribution in [3.05, 3.63) is 114 Å². The molecule has 0 unspecified atom stereocenters. The molecule has 8 nitrogen and oxygen atoms in total. The van der Waals surface area contributed by atoms with Crippen LogP contribution in [-0.2, 0) is 9.53 Å². The van der Waals surface area contributed by atoms with Crippen molar-refractivity contribution in [1.82, 2.24) is 4.98 Å². The molecule has 0 spiro atoms. The van der Waals surface area contributed by atoms with Crippen LogP contribution in [0.1, 0.15) is 52.0 Å². The van der Waals surface area contributed by atoms with E-state index in [2.05, 4.69) is 6.58 Å². The maximum Gasteiger partial charge on any atom is 0.343 e. The Bertz CT molecular complexity index is 1830. The lowest BCUT2D eigenvalue weighted by Crippen LogP contribution is -2.08. The molecular weight excluding hydrogens is 570 g/mol. The number of benzene rings is 4. The van der Waals surface area contributed by atoms with Gasteiger partial charge in [-0.05, 0) is 110 Å². The number of nitrogens with zero attached hydrogens (tertiary/aromatic N) is 1. The summed E-state index contributed by atoms with van der Waals surface area (Å²) in [6, 6.07) is 25.0. The molecule has 0 radical (unpaired) electrons. The minimum Gasteiger partial charge on any atom is -0.494 e. The summed E-state index contributed by atoms with van der Waals surface area (Å²) in [6.07, 6.45) is 5.50. The number of aldehydes is 1. The van der Waals surface area contributed by atoms with Gasteiger partial charge in [0.15, 0.2) is 0 Å². The molecule has 4 aromatic carbocycles. The van der Waals surface area contributed by atoms with Crippen molar-refractivity contribution in [3.8, 4) is 23.1 Å². The van der Waals surface area contributed by atoms with Gasteiger partial charge in [-0.1, -0.05) is 24.8 Å². The molecule has 0 amide bonds. The highest BCUT2D eigenvalue weighted by Gasteiger charge is 2.16. The van der Waals surface area contributed by atoms with Crippen LogP contribution in [0.2, 0.25) is 0 Å². The number of fused-ring (bicyclic) bond motifs is 3. The second-order valence-electron chi connectivity index (χ2n) is 10.5. The van der Waals surface area contributed by atoms with Crippen molar-refractivity contribution in [2.75, 3.05) is 13.2 Å². The molecule has 0 aliphatic heterocycles. The number of unbranched alkanes of at least 4 members (excludes halogenated alkanes) is 3. The molecule has 228 valence electrons. The molecule has 0 N–H and O–H groups in total. The van der Waals surface area contributed by atoms with E-state index in [0.717, 1.165) is 59.6 Å². The summed E-state index contributed by atoms with van der Waals surface area (Å²) in [5, 5.41) is 2.49. The lowest BCUT2D eigenvalue weighted by molar-refractivity contribution is -0.137. The quantitative estimate of drug-likeness (QED) is 0.0313. The van der Waals surface area contributed by atoms with Crippen LogP contribution in [0.3, 0.4) is 0 Å². The standard InChI is InChI=1S/C37H33NO7/c1-3-35(40)43-21-7-5-4-6-20-42-28-14-16-29(17-15-28)44-36-33-23-27(37(41)45-30-12-9-26(24-39)10-13-30)11-19-31(33)32-18-8-25(2)22-34(32)38-36/h3,8-19,22-24H,1,4-7,20-21H2,2H3. The summed E-state index contributed by atoms with van der Waals surface area (Å²) < 4.78 is 22.7. The number of hydrogen-bond donors (Lipinski definition) is 0. The first-order valence-corrected chi connectivity index (χ1v) is 14.7. The van der Waals surface area contributed by atoms with Crippen LogP contribution in [0.5, 0.6) is 23.1 Å². The van der Waals surface area contributed by atoms with E-state index in [1.165, 1.54) is 6.08 Å². The van der Waals surface area contributed by atoms with Gasteiger partial charge in [0.25, 0.3) is 0 Å². The van der Waals surface area contributed by atoms with Crippen molar-refractivity contribution in [3.63, 3.8) is 0 Å². The molecule has 8 heteroatoms. The molecule has 0 aliphatic carbocycles. The van der Waals surface area contributed by atoms with E-state index in [9.17, 15) is 14.4 Å². The normalized spacial score (nSPS) is 10.8. The average Bonchev–Trinajstić information content (AvgIpc) is 3.06. The van der Waals surface area contributed by atoms with E-state index < -0.39 is 11.9 Å². The maximum absolute atomic E-state index is 13.0. The first-order valence-electron chi connectivity index (χ1n) is 14.7. The first-order chi connectivity index (χ1) is 21.9. The molecule has 1 heterocycles. The van der Waals surface area contributed by atoms with Gasteiger partial charge in [-0.25, -0.2) is 14.6 Å². The number of hydrogen-bond acceptors (Lipinski definition) is 8. The molecule has 0 fully saturated rings. The molecular formula is C37H33NO7. The Balaban J connectivity index is 1.28. The Kier molecular flexibility index (Phi) is 10.2. The van der Waals surface area contributed by atoms with E-state index in [4.69, 9.17) is 23.9 Å². The van der Waals surface area contributed by atoms with Crippen LogP contribution in [0.25, 0.3) is 21.7 Å². The summed E-state index contributed by atoms with van der Waals surface area (Å²) in [7, 11) is 0. The summed E-state index contributed by atoms with van der Waals surface area (Å²) >= 11 is 0. The average molecular weight is 604 g/mol. The predicted octanol–water partition coefficient (Wildman–Crippen LogP) is 8.19. The number of carbonyl (C=O) groups is 3. The zero-order chi connectivity index (χ0) is 31.6. The highest BCUT2D eigenvalue weighted by atomic mass is 16.5. The van der Waals surface area contributed by atoms with Gasteiger partial charge in [-0.15, -0.1) is 0 Å². The number of aryl methyl sites for hydroxylation is 1. The molecule has 5 rings (SSSR count). The molecule has 45 heavy (non-hydrogen) atoms. The Morgan fingerprint density at radius 1 is 0.756 bits per heavy atom. The molecule has 1 aromatic heterocycles. The zero-order valence-electron chi connectivity index (χ0n) is 25.0. The number of rotatable bonds is 14. The van der Waals surface area contributed by atoms with Crippen LogP contribution in [0.4, 0.5) is 0 Å². The van der Waals surface area contributed by atoms with Gasteiger partial charge < -0.3 is 18.9 Å². The van der Waals surface area contributed by atoms with Crippen LogP contribution in [0.15, 0.2) is 97.6 Å². The van der Waals surface area contributed by atoms with E-state index in [1.54, 1.807) is 36.4 Å². The van der Waals surface area contributed by atoms with Crippen molar-refractivity contribution < 1.29 is 33.3 Å². The molecule has 0 bridgehead atoms. The predicted molar refractivity (Wildman–Crippen MR) is 172 cm³/mol. The maximum atomic E-state index is 13.0. The van der Waals surface area contributed by atoms with Gasteiger partial charge in [-0.2, -0.15) is 0 Å². The van der Waals surface area contributed by atoms with Crippen LogP contribution < -0.4 is 14.2 Å². The molecule has 0 saturated carbocycles. The largest absolute Gasteiger partial charge is 0.494 e. The Morgan fingerprint density at radius 3 is 2.18 bits per heavy atom. The summed E-state index contributed by atoms with van der Waals surface area (Å²) in [5.74, 6) is 1.06. The third-order valence-electron chi connectivity index (χ3n) is 7.13. The summed E-state index contributed by atoms with van der Waals surface area (Å²) in [5.41, 5.74) is 2.68. The van der Waals surface area contributed by atoms with Crippen LogP contribution in [-0.4, -0.2) is 36.4 Å². The SMILES string of the molecule is C=CC(=O)OCCCCCCOc1ccc(Oc2nc3cc(C)ccc3c3ccc(C(=O)Oc4ccc(C=O)cc4)cc23)cc1. The van der Waals surface area contributed by atoms with Gasteiger partial charge in [0.1, 0.15) is 23.5 Å². The molecule has 0 aliphatic rings. The molecule has 5 aromatic rings. The van der Waals surface area contributed by atoms with Crippen molar-refractivity contribution in [1.29, 1.82) is 0 Å². The highest BCUT2D eigenvalue weighted by Crippen LogP contribution is 2.35. The fourth-order valence-corrected chi connectivity index (χ4v) is 4.77. The van der Waals surface area contributed by atoms with Gasteiger partial charge in [0, 0.05) is 22.4 Å². The van der Waals surface area contributed by atoms with Crippen molar-refractivity contribution in [2.24, 2.45) is 0 Å². The van der Waals surface area contributed by atoms with E-state index in [0.29, 0.717) is 47.1 Å². The monoisotopic (exact) mass is 603 g/mol. The molecule has 0 saturated heterocycles. The molecule has 0 atom stereocenters. The third kappa shape index (κ3) is 8.12. The second kappa shape index (κ2) is 14.8. The third-order valence-corrected chi connectivity index (χ3v) is 7.13. The fraction of sp³-hybridized carbons (Fsp3) is 0.189. The number of ether oxygens (including phenoxy) is 4. The van der Waals surface area contributed by atoms with Gasteiger partial charge in [0.05, 0.1) is 24.3 Å². The Morgan fingerprint density at radius 2 is 1.44 bits per heavy atom. The zero-order valence-corrected chi connectivity index (χ0v) is 25.0. The van der Waals surface area contributed by atoms with Gasteiger partial charge in [0.2, 0.25) is 5.88 Å². The summed E-state index contributed by atoms with van der Waals surface area (Å²) in [6.45, 7) is 6.36. The minimum atomic E-state index is -0.539.